The molecular weight excluding hydrogens is 248 g/mol. The summed E-state index contributed by atoms with van der Waals surface area (Å²) in [4.78, 5) is 15.9. The van der Waals surface area contributed by atoms with Crippen LogP contribution < -0.4 is 5.32 Å². The van der Waals surface area contributed by atoms with Crippen molar-refractivity contribution in [3.05, 3.63) is 30.1 Å². The Bertz CT molecular complexity index is 388. The van der Waals surface area contributed by atoms with Crippen LogP contribution in [0.25, 0.3) is 0 Å². The Kier molecular flexibility index (Phi) is 4.59. The van der Waals surface area contributed by atoms with Gasteiger partial charge in [0.05, 0.1) is 5.56 Å². The Balaban J connectivity index is 1.92. The largest absolute Gasteiger partial charge is 0.351 e. The van der Waals surface area contributed by atoms with E-state index in [-0.39, 0.29) is 11.3 Å². The predicted molar refractivity (Wildman–Crippen MR) is 72.8 cm³/mol. The van der Waals surface area contributed by atoms with Crippen molar-refractivity contribution in [2.75, 3.05) is 12.4 Å². The molecule has 0 spiro atoms. The van der Waals surface area contributed by atoms with Crippen molar-refractivity contribution in [3.8, 4) is 0 Å². The second-order valence-corrected chi connectivity index (χ2v) is 5.39. The molecule has 0 aliphatic heterocycles. The molecule has 2 rings (SSSR count). The van der Waals surface area contributed by atoms with Crippen LogP contribution in [-0.4, -0.2) is 23.3 Å². The summed E-state index contributed by atoms with van der Waals surface area (Å²) in [6, 6.07) is 3.55. The topological polar surface area (TPSA) is 42.0 Å². The SMILES string of the molecule is O=C(NCC1(CCl)CCCCC1)c1cccnc1. The Morgan fingerprint density at radius 1 is 1.39 bits per heavy atom. The molecule has 1 saturated carbocycles. The summed E-state index contributed by atoms with van der Waals surface area (Å²) >= 11 is 6.10. The number of hydrogen-bond acceptors (Lipinski definition) is 2. The van der Waals surface area contributed by atoms with Crippen molar-refractivity contribution in [2.45, 2.75) is 32.1 Å². The van der Waals surface area contributed by atoms with Crippen molar-refractivity contribution >= 4 is 17.5 Å². The number of aromatic nitrogens is 1. The summed E-state index contributed by atoms with van der Waals surface area (Å²) in [5.41, 5.74) is 0.704. The molecule has 98 valence electrons. The first kappa shape index (κ1) is 13.3. The van der Waals surface area contributed by atoms with Gasteiger partial charge in [0.2, 0.25) is 0 Å². The van der Waals surface area contributed by atoms with Gasteiger partial charge in [-0.2, -0.15) is 0 Å². The van der Waals surface area contributed by atoms with Gasteiger partial charge in [-0.3, -0.25) is 9.78 Å². The molecular formula is C14H19ClN2O. The third kappa shape index (κ3) is 3.22. The Morgan fingerprint density at radius 3 is 2.78 bits per heavy atom. The van der Waals surface area contributed by atoms with Gasteiger partial charge in [0, 0.05) is 30.2 Å². The van der Waals surface area contributed by atoms with Crippen LogP contribution in [0, 0.1) is 5.41 Å². The van der Waals surface area contributed by atoms with E-state index in [1.165, 1.54) is 19.3 Å². The first-order chi connectivity index (χ1) is 8.76. The fraction of sp³-hybridized carbons (Fsp3) is 0.571. The lowest BCUT2D eigenvalue weighted by Crippen LogP contribution is -2.40. The van der Waals surface area contributed by atoms with Crippen LogP contribution in [0.3, 0.4) is 0 Å². The van der Waals surface area contributed by atoms with Gasteiger partial charge in [0.25, 0.3) is 5.91 Å². The van der Waals surface area contributed by atoms with E-state index >= 15 is 0 Å². The van der Waals surface area contributed by atoms with E-state index in [9.17, 15) is 4.79 Å². The van der Waals surface area contributed by atoms with E-state index in [1.54, 1.807) is 24.5 Å². The molecule has 4 heteroatoms. The zero-order valence-corrected chi connectivity index (χ0v) is 11.2. The number of rotatable bonds is 4. The average molecular weight is 267 g/mol. The Labute approximate surface area is 113 Å². The molecule has 1 amide bonds. The molecule has 1 aliphatic carbocycles. The molecule has 1 heterocycles. The van der Waals surface area contributed by atoms with Crippen molar-refractivity contribution in [3.63, 3.8) is 0 Å². The number of carbonyl (C=O) groups excluding carboxylic acids is 1. The molecule has 0 atom stereocenters. The van der Waals surface area contributed by atoms with Crippen LogP contribution in [0.4, 0.5) is 0 Å². The van der Waals surface area contributed by atoms with Gasteiger partial charge in [-0.05, 0) is 25.0 Å². The average Bonchev–Trinajstić information content (AvgIpc) is 2.47. The maximum absolute atomic E-state index is 12.0. The van der Waals surface area contributed by atoms with Crippen molar-refractivity contribution < 1.29 is 4.79 Å². The zero-order chi connectivity index (χ0) is 12.8. The number of carbonyl (C=O) groups is 1. The highest BCUT2D eigenvalue weighted by atomic mass is 35.5. The summed E-state index contributed by atoms with van der Waals surface area (Å²) in [7, 11) is 0. The predicted octanol–water partition coefficient (Wildman–Crippen LogP) is 3.00. The summed E-state index contributed by atoms with van der Waals surface area (Å²) in [5, 5.41) is 3.00. The summed E-state index contributed by atoms with van der Waals surface area (Å²) < 4.78 is 0. The fourth-order valence-corrected chi connectivity index (χ4v) is 2.89. The molecule has 0 aromatic carbocycles. The van der Waals surface area contributed by atoms with E-state index in [4.69, 9.17) is 11.6 Å². The standard InChI is InChI=1S/C14H19ClN2O/c15-10-14(6-2-1-3-7-14)11-17-13(18)12-5-4-8-16-9-12/h4-5,8-9H,1-3,6-7,10-11H2,(H,17,18). The van der Waals surface area contributed by atoms with E-state index in [1.807, 2.05) is 0 Å². The third-order valence-corrected chi connectivity index (χ3v) is 4.31. The number of halogens is 1. The highest BCUT2D eigenvalue weighted by molar-refractivity contribution is 6.18. The quantitative estimate of drug-likeness (QED) is 0.852. The Hall–Kier alpha value is -1.09. The number of pyridine rings is 1. The van der Waals surface area contributed by atoms with Crippen LogP contribution in [0.2, 0.25) is 0 Å². The smallest absolute Gasteiger partial charge is 0.252 e. The molecule has 1 aliphatic rings. The van der Waals surface area contributed by atoms with E-state index in [0.29, 0.717) is 18.0 Å². The monoisotopic (exact) mass is 266 g/mol. The summed E-state index contributed by atoms with van der Waals surface area (Å²) in [6.07, 6.45) is 9.20. The van der Waals surface area contributed by atoms with Gasteiger partial charge in [-0.1, -0.05) is 19.3 Å². The van der Waals surface area contributed by atoms with Gasteiger partial charge >= 0.3 is 0 Å². The molecule has 18 heavy (non-hydrogen) atoms. The van der Waals surface area contributed by atoms with Crippen molar-refractivity contribution in [1.29, 1.82) is 0 Å². The molecule has 0 unspecified atom stereocenters. The molecule has 0 radical (unpaired) electrons. The van der Waals surface area contributed by atoms with Crippen LogP contribution >= 0.6 is 11.6 Å². The van der Waals surface area contributed by atoms with E-state index < -0.39 is 0 Å². The second kappa shape index (κ2) is 6.19. The minimum atomic E-state index is -0.0573. The lowest BCUT2D eigenvalue weighted by atomic mass is 9.75. The number of alkyl halides is 1. The Morgan fingerprint density at radius 2 is 2.17 bits per heavy atom. The van der Waals surface area contributed by atoms with Crippen molar-refractivity contribution in [1.82, 2.24) is 10.3 Å². The molecule has 0 bridgehead atoms. The van der Waals surface area contributed by atoms with Crippen LogP contribution in [-0.2, 0) is 0 Å². The second-order valence-electron chi connectivity index (χ2n) is 5.12. The van der Waals surface area contributed by atoms with Crippen LogP contribution in [0.1, 0.15) is 42.5 Å². The number of hydrogen-bond donors (Lipinski definition) is 1. The van der Waals surface area contributed by atoms with Crippen LogP contribution in [0.15, 0.2) is 24.5 Å². The minimum absolute atomic E-state index is 0.0573. The lowest BCUT2D eigenvalue weighted by Gasteiger charge is -2.35. The number of nitrogens with zero attached hydrogens (tertiary/aromatic N) is 1. The van der Waals surface area contributed by atoms with Gasteiger partial charge in [0.15, 0.2) is 0 Å². The first-order valence-electron chi connectivity index (χ1n) is 6.50. The molecule has 1 aromatic heterocycles. The van der Waals surface area contributed by atoms with Gasteiger partial charge in [-0.25, -0.2) is 0 Å². The maximum atomic E-state index is 12.0. The van der Waals surface area contributed by atoms with Gasteiger partial charge in [0.1, 0.15) is 0 Å². The molecule has 0 saturated heterocycles. The lowest BCUT2D eigenvalue weighted by molar-refractivity contribution is 0.0920. The molecule has 1 fully saturated rings. The first-order valence-corrected chi connectivity index (χ1v) is 7.03. The molecule has 3 nitrogen and oxygen atoms in total. The normalized spacial score (nSPS) is 18.3. The highest BCUT2D eigenvalue weighted by Gasteiger charge is 2.31. The van der Waals surface area contributed by atoms with Gasteiger partial charge < -0.3 is 5.32 Å². The fourth-order valence-electron chi connectivity index (χ4n) is 2.53. The minimum Gasteiger partial charge on any atom is -0.351 e. The summed E-state index contributed by atoms with van der Waals surface area (Å²) in [6.45, 7) is 0.671. The highest BCUT2D eigenvalue weighted by Crippen LogP contribution is 2.36. The maximum Gasteiger partial charge on any atom is 0.252 e. The molecule has 1 aromatic rings. The third-order valence-electron chi connectivity index (χ3n) is 3.75. The summed E-state index contributed by atoms with van der Waals surface area (Å²) in [5.74, 6) is 0.568. The van der Waals surface area contributed by atoms with E-state index in [2.05, 4.69) is 10.3 Å². The molecule has 1 N–H and O–H groups in total. The zero-order valence-electron chi connectivity index (χ0n) is 10.5. The van der Waals surface area contributed by atoms with E-state index in [0.717, 1.165) is 12.8 Å². The number of nitrogens with one attached hydrogen (secondary N) is 1. The van der Waals surface area contributed by atoms with Crippen molar-refractivity contribution in [2.24, 2.45) is 5.41 Å². The van der Waals surface area contributed by atoms with Gasteiger partial charge in [-0.15, -0.1) is 11.6 Å². The number of amides is 1. The van der Waals surface area contributed by atoms with Crippen LogP contribution in [0.5, 0.6) is 0 Å².